The van der Waals surface area contributed by atoms with Gasteiger partial charge in [0.2, 0.25) is 0 Å². The average Bonchev–Trinajstić information content (AvgIpc) is 2.18. The molecule has 0 aromatic heterocycles. The Morgan fingerprint density at radius 2 is 1.80 bits per heavy atom. The molecule has 0 bridgehead atoms. The molecule has 2 aliphatic rings. The Morgan fingerprint density at radius 3 is 2.40 bits per heavy atom. The molecule has 0 heteroatoms. The molecule has 0 aromatic carbocycles. The van der Waals surface area contributed by atoms with Crippen molar-refractivity contribution in [1.82, 2.24) is 0 Å². The predicted molar refractivity (Wildman–Crippen MR) is 66.8 cm³/mol. The number of hydrogen-bond acceptors (Lipinski definition) is 0. The minimum absolute atomic E-state index is 0.454. The van der Waals surface area contributed by atoms with Gasteiger partial charge >= 0.3 is 0 Å². The van der Waals surface area contributed by atoms with Gasteiger partial charge in [-0.2, -0.15) is 0 Å². The standard InChI is InChI=1S/C15H22/c1-12-6-8-14(9-7-12)15(3)10-4-5-13(2)11-15/h5-6,9H,4,7-8,10-11H2,1-3H3/t15-/m0/s1. The van der Waals surface area contributed by atoms with E-state index in [0.717, 1.165) is 0 Å². The van der Waals surface area contributed by atoms with Gasteiger partial charge in [-0.25, -0.2) is 0 Å². The first kappa shape index (κ1) is 10.7. The van der Waals surface area contributed by atoms with Crippen LogP contribution in [0.15, 0.2) is 34.9 Å². The minimum Gasteiger partial charge on any atom is -0.0855 e. The summed E-state index contributed by atoms with van der Waals surface area (Å²) in [6.07, 6.45) is 13.5. The van der Waals surface area contributed by atoms with E-state index in [2.05, 4.69) is 39.0 Å². The molecule has 0 aromatic rings. The lowest BCUT2D eigenvalue weighted by Crippen LogP contribution is -2.23. The summed E-state index contributed by atoms with van der Waals surface area (Å²) < 4.78 is 0. The summed E-state index contributed by atoms with van der Waals surface area (Å²) >= 11 is 0. The van der Waals surface area contributed by atoms with Gasteiger partial charge < -0.3 is 0 Å². The molecule has 2 aliphatic carbocycles. The van der Waals surface area contributed by atoms with Gasteiger partial charge in [0.15, 0.2) is 0 Å². The molecule has 0 fully saturated rings. The van der Waals surface area contributed by atoms with Crippen LogP contribution in [0.2, 0.25) is 0 Å². The molecule has 0 heterocycles. The van der Waals surface area contributed by atoms with Crippen molar-refractivity contribution in [3.8, 4) is 0 Å². The fourth-order valence-corrected chi connectivity index (χ4v) is 2.92. The Bertz CT molecular complexity index is 341. The molecule has 0 N–H and O–H groups in total. The van der Waals surface area contributed by atoms with Gasteiger partial charge in [-0.1, -0.05) is 41.9 Å². The van der Waals surface area contributed by atoms with Crippen molar-refractivity contribution in [2.24, 2.45) is 5.41 Å². The molecule has 0 saturated heterocycles. The summed E-state index contributed by atoms with van der Waals surface area (Å²) in [5, 5.41) is 0. The van der Waals surface area contributed by atoms with Gasteiger partial charge in [-0.3, -0.25) is 0 Å². The number of hydrogen-bond donors (Lipinski definition) is 0. The van der Waals surface area contributed by atoms with Crippen LogP contribution in [0.1, 0.15) is 52.9 Å². The molecule has 15 heavy (non-hydrogen) atoms. The van der Waals surface area contributed by atoms with Crippen molar-refractivity contribution >= 4 is 0 Å². The predicted octanol–water partition coefficient (Wildman–Crippen LogP) is 4.79. The van der Waals surface area contributed by atoms with Crippen LogP contribution in [-0.2, 0) is 0 Å². The summed E-state index contributed by atoms with van der Waals surface area (Å²) in [5.74, 6) is 0. The fraction of sp³-hybridized carbons (Fsp3) is 0.600. The SMILES string of the molecule is CC1=CCC([C@@]2(C)CCC=C(C)C2)=CC1. The van der Waals surface area contributed by atoms with Crippen molar-refractivity contribution in [2.45, 2.75) is 52.9 Å². The van der Waals surface area contributed by atoms with E-state index in [4.69, 9.17) is 0 Å². The van der Waals surface area contributed by atoms with Gasteiger partial charge in [0.1, 0.15) is 0 Å². The molecule has 1 atom stereocenters. The lowest BCUT2D eigenvalue weighted by atomic mass is 9.68. The first-order valence-corrected chi connectivity index (χ1v) is 6.11. The zero-order chi connectivity index (χ0) is 10.9. The Kier molecular flexibility index (Phi) is 2.86. The van der Waals surface area contributed by atoms with Gasteiger partial charge in [-0.05, 0) is 51.4 Å². The maximum Gasteiger partial charge on any atom is -0.00732 e. The normalized spacial score (nSPS) is 31.8. The highest BCUT2D eigenvalue weighted by atomic mass is 14.3. The monoisotopic (exact) mass is 202 g/mol. The zero-order valence-corrected chi connectivity index (χ0v) is 10.3. The first-order chi connectivity index (χ1) is 7.10. The van der Waals surface area contributed by atoms with E-state index in [9.17, 15) is 0 Å². The second-order valence-electron chi connectivity index (χ2n) is 5.51. The fourth-order valence-electron chi connectivity index (χ4n) is 2.92. The molecular formula is C15H22. The molecule has 2 rings (SSSR count). The average molecular weight is 202 g/mol. The number of rotatable bonds is 1. The molecular weight excluding hydrogens is 180 g/mol. The van der Waals surface area contributed by atoms with Crippen LogP contribution >= 0.6 is 0 Å². The molecule has 0 unspecified atom stereocenters. The largest absolute Gasteiger partial charge is 0.0855 e. The molecule has 0 radical (unpaired) electrons. The Hall–Kier alpha value is -0.780. The van der Waals surface area contributed by atoms with E-state index in [0.29, 0.717) is 5.41 Å². The van der Waals surface area contributed by atoms with E-state index in [1.165, 1.54) is 37.7 Å². The Morgan fingerprint density at radius 1 is 1.00 bits per heavy atom. The van der Waals surface area contributed by atoms with E-state index < -0.39 is 0 Å². The molecule has 82 valence electrons. The molecule has 0 aliphatic heterocycles. The van der Waals surface area contributed by atoms with E-state index in [1.54, 1.807) is 11.1 Å². The van der Waals surface area contributed by atoms with Gasteiger partial charge in [-0.15, -0.1) is 0 Å². The maximum atomic E-state index is 2.48. The van der Waals surface area contributed by atoms with Crippen LogP contribution in [-0.4, -0.2) is 0 Å². The summed E-state index contributed by atoms with van der Waals surface area (Å²) in [7, 11) is 0. The van der Waals surface area contributed by atoms with Crippen LogP contribution < -0.4 is 0 Å². The van der Waals surface area contributed by atoms with Crippen LogP contribution in [0.5, 0.6) is 0 Å². The van der Waals surface area contributed by atoms with Crippen molar-refractivity contribution < 1.29 is 0 Å². The smallest absolute Gasteiger partial charge is 0.00732 e. The van der Waals surface area contributed by atoms with Gasteiger partial charge in [0.05, 0.1) is 0 Å². The summed E-state index contributed by atoms with van der Waals surface area (Å²) in [6, 6.07) is 0. The van der Waals surface area contributed by atoms with Crippen LogP contribution in [0.4, 0.5) is 0 Å². The summed E-state index contributed by atoms with van der Waals surface area (Å²) in [6.45, 7) is 6.97. The van der Waals surface area contributed by atoms with Crippen LogP contribution in [0.3, 0.4) is 0 Å². The number of allylic oxidation sites excluding steroid dienone is 6. The lowest BCUT2D eigenvalue weighted by molar-refractivity contribution is 0.341. The second kappa shape index (κ2) is 4.00. The highest BCUT2D eigenvalue weighted by molar-refractivity contribution is 5.28. The Balaban J connectivity index is 2.14. The third kappa shape index (κ3) is 2.25. The first-order valence-electron chi connectivity index (χ1n) is 6.11. The van der Waals surface area contributed by atoms with E-state index in [-0.39, 0.29) is 0 Å². The van der Waals surface area contributed by atoms with Crippen LogP contribution in [0, 0.1) is 5.41 Å². The molecule has 0 spiro atoms. The highest BCUT2D eigenvalue weighted by Crippen LogP contribution is 2.44. The summed E-state index contributed by atoms with van der Waals surface area (Å²) in [4.78, 5) is 0. The maximum absolute atomic E-state index is 2.48. The van der Waals surface area contributed by atoms with Crippen molar-refractivity contribution in [1.29, 1.82) is 0 Å². The van der Waals surface area contributed by atoms with E-state index in [1.807, 2.05) is 0 Å². The van der Waals surface area contributed by atoms with Crippen molar-refractivity contribution in [3.05, 3.63) is 34.9 Å². The second-order valence-corrected chi connectivity index (χ2v) is 5.51. The van der Waals surface area contributed by atoms with Gasteiger partial charge in [0.25, 0.3) is 0 Å². The summed E-state index contributed by atoms with van der Waals surface area (Å²) in [5.41, 5.74) is 5.25. The lowest BCUT2D eigenvalue weighted by Gasteiger charge is -2.36. The molecule has 0 amide bonds. The highest BCUT2D eigenvalue weighted by Gasteiger charge is 2.30. The van der Waals surface area contributed by atoms with E-state index >= 15 is 0 Å². The molecule has 0 saturated carbocycles. The van der Waals surface area contributed by atoms with Crippen molar-refractivity contribution in [3.63, 3.8) is 0 Å². The van der Waals surface area contributed by atoms with Crippen LogP contribution in [0.25, 0.3) is 0 Å². The topological polar surface area (TPSA) is 0 Å². The molecule has 0 nitrogen and oxygen atoms in total. The zero-order valence-electron chi connectivity index (χ0n) is 10.3. The minimum atomic E-state index is 0.454. The quantitative estimate of drug-likeness (QED) is 0.536. The van der Waals surface area contributed by atoms with Crippen molar-refractivity contribution in [2.75, 3.05) is 0 Å². The van der Waals surface area contributed by atoms with Gasteiger partial charge in [0, 0.05) is 0 Å². The third-order valence-corrected chi connectivity index (χ3v) is 3.97. The third-order valence-electron chi connectivity index (χ3n) is 3.97. The Labute approximate surface area is 93.8 Å².